The molecule has 9 rings (SSSR count). The first-order valence-electron chi connectivity index (χ1n) is 27.8. The number of hydrogen-bond acceptors (Lipinski definition) is 17. The van der Waals surface area contributed by atoms with Crippen molar-refractivity contribution in [1.82, 2.24) is 40.1 Å². The molecule has 3 aromatic heterocycles. The molecule has 4 aromatic carbocycles. The highest BCUT2D eigenvalue weighted by Crippen LogP contribution is 2.43. The molecule has 0 spiro atoms. The van der Waals surface area contributed by atoms with Gasteiger partial charge < -0.3 is 59.2 Å². The van der Waals surface area contributed by atoms with Crippen molar-refractivity contribution in [3.05, 3.63) is 112 Å². The van der Waals surface area contributed by atoms with E-state index in [1.165, 1.54) is 11.0 Å². The highest BCUT2D eigenvalue weighted by atomic mass is 35.5. The molecular weight excluding hydrogens is 1090 g/mol. The van der Waals surface area contributed by atoms with Gasteiger partial charge in [0.25, 0.3) is 0 Å². The lowest BCUT2D eigenvalue weighted by molar-refractivity contribution is -0.141. The number of nitrogens with one attached hydrogen (secondary N) is 2. The molecule has 82 heavy (non-hydrogen) atoms. The van der Waals surface area contributed by atoms with Crippen molar-refractivity contribution in [3.8, 4) is 27.3 Å². The van der Waals surface area contributed by atoms with E-state index in [1.54, 1.807) is 48.3 Å². The lowest BCUT2D eigenvalue weighted by Gasteiger charge is -2.35. The molecule has 4 atom stereocenters. The number of amides is 3. The Morgan fingerprint density at radius 3 is 2.35 bits per heavy atom. The molecule has 0 aliphatic carbocycles. The zero-order valence-electron chi connectivity index (χ0n) is 47.2. The molecule has 0 saturated carbocycles. The molecule has 0 unspecified atom stereocenters. The fourth-order valence-electron chi connectivity index (χ4n) is 10.7. The van der Waals surface area contributed by atoms with Crippen LogP contribution in [0.5, 0.6) is 5.75 Å². The van der Waals surface area contributed by atoms with Gasteiger partial charge >= 0.3 is 0 Å². The predicted octanol–water partition coefficient (Wildman–Crippen LogP) is 8.39. The summed E-state index contributed by atoms with van der Waals surface area (Å²) in [6, 6.07) is 20.4. The van der Waals surface area contributed by atoms with Crippen LogP contribution in [-0.2, 0) is 28.6 Å². The van der Waals surface area contributed by atoms with Crippen LogP contribution < -0.4 is 15.5 Å². The summed E-state index contributed by atoms with van der Waals surface area (Å²) >= 11 is 8.47. The summed E-state index contributed by atoms with van der Waals surface area (Å²) < 4.78 is 40.4. The third-order valence-electron chi connectivity index (χ3n) is 15.0. The Hall–Kier alpha value is -6.85. The number of phenols is 1. The summed E-state index contributed by atoms with van der Waals surface area (Å²) in [6.45, 7) is 15.0. The number of carbonyl (C=O) groups is 3. The number of fused-ring (bicyclic) bond motifs is 2. The van der Waals surface area contributed by atoms with Crippen LogP contribution >= 0.6 is 22.9 Å². The Morgan fingerprint density at radius 2 is 1.66 bits per heavy atom. The molecule has 436 valence electrons. The minimum Gasteiger partial charge on any atom is -0.508 e. The number of likely N-dealkylation sites (N-methyl/N-ethyl adjacent to an activating group) is 1. The van der Waals surface area contributed by atoms with E-state index in [0.29, 0.717) is 93.9 Å². The van der Waals surface area contributed by atoms with E-state index in [9.17, 15) is 24.6 Å². The van der Waals surface area contributed by atoms with Crippen molar-refractivity contribution in [1.29, 1.82) is 0 Å². The number of hydrogen-bond donors (Lipinski definition) is 4. The maximum atomic E-state index is 17.0. The highest BCUT2D eigenvalue weighted by Gasteiger charge is 2.44. The molecule has 2 aliphatic heterocycles. The Labute approximate surface area is 485 Å². The van der Waals surface area contributed by atoms with Gasteiger partial charge in [0.15, 0.2) is 5.82 Å². The van der Waals surface area contributed by atoms with Gasteiger partial charge in [0.05, 0.1) is 78.6 Å². The smallest absolute Gasteiger partial charge is 0.243 e. The number of piperazine rings is 1. The van der Waals surface area contributed by atoms with Crippen molar-refractivity contribution in [2.75, 3.05) is 109 Å². The number of aliphatic hydroxyl groups excluding tert-OH is 1. The standard InChI is InChI=1S/C60H72ClFN10O9S/c1-36(2)52(51-28-37(3)68-81-51)59(77)72-33-44(75)31-50(72)58(76)65-49(40-12-14-41(15-13-40)56-38(4)64-35-82-56)34-80-27-26-79-25-24-78-23-22-69(6)17-9-16-63-60-66-55-47(57(67-60)71-20-18-70(19-21-71)39(5)73)32-48(61)53(54(55)62)46-30-43(74)29-42-10-7-8-11-45(42)46/h7-8,10-15,28-30,32,35-36,44,49-50,52,74-75H,9,16-27,31,33-34H2,1-6H3,(H,65,76)(H,63,66,67)/t44-,49+,50+,52+/m1/s1. The first-order valence-corrected chi connectivity index (χ1v) is 29.1. The fourth-order valence-corrected chi connectivity index (χ4v) is 11.8. The SMILES string of the molecule is CC(=O)N1CCN(c2nc(NCCCN(C)CCOCCOCCOC[C@H](NC(=O)[C@@H]3C[C@@H](O)CN3C(=O)[C@H](c3cc(C)no3)C(C)C)c3ccc(-c4scnc4C)cc3)nc3c(F)c(-c4cc(O)cc5ccccc45)c(Cl)cc23)CC1. The molecule has 5 heterocycles. The van der Waals surface area contributed by atoms with E-state index in [-0.39, 0.29) is 71.7 Å². The zero-order chi connectivity index (χ0) is 58.0. The third-order valence-corrected chi connectivity index (χ3v) is 16.3. The monoisotopic (exact) mass is 1160 g/mol. The summed E-state index contributed by atoms with van der Waals surface area (Å²) in [5.74, 6) is -0.953. The van der Waals surface area contributed by atoms with Gasteiger partial charge in [-0.15, -0.1) is 11.3 Å². The second-order valence-corrected chi connectivity index (χ2v) is 22.6. The van der Waals surface area contributed by atoms with Gasteiger partial charge in [0, 0.05) is 76.2 Å². The molecule has 2 fully saturated rings. The van der Waals surface area contributed by atoms with Crippen LogP contribution in [0.1, 0.15) is 68.3 Å². The predicted molar refractivity (Wildman–Crippen MR) is 315 cm³/mol. The summed E-state index contributed by atoms with van der Waals surface area (Å²) in [4.78, 5) is 62.9. The Balaban J connectivity index is 0.739. The number of phenolic OH excluding ortho intramolecular Hbond substituents is 1. The van der Waals surface area contributed by atoms with Crippen LogP contribution in [0.3, 0.4) is 0 Å². The van der Waals surface area contributed by atoms with E-state index >= 15 is 4.39 Å². The molecular formula is C60H72ClFN10O9S. The number of benzene rings is 4. The number of thiazole rings is 1. The van der Waals surface area contributed by atoms with Crippen molar-refractivity contribution >= 4 is 74.1 Å². The van der Waals surface area contributed by atoms with Crippen LogP contribution in [0, 0.1) is 25.6 Å². The van der Waals surface area contributed by atoms with Crippen molar-refractivity contribution in [2.24, 2.45) is 5.92 Å². The number of likely N-dealkylation sites (tertiary alicyclic amines) is 1. The third kappa shape index (κ3) is 14.3. The molecule has 22 heteroatoms. The molecule has 0 radical (unpaired) electrons. The number of β-amino-alcohol motifs (C(OH)–C–C–N with tert-alkyl or cyclic N) is 1. The average Bonchev–Trinajstić information content (AvgIpc) is 4.34. The van der Waals surface area contributed by atoms with E-state index < -0.39 is 35.8 Å². The van der Waals surface area contributed by atoms with Crippen LogP contribution in [0.2, 0.25) is 5.02 Å². The normalized spacial score (nSPS) is 16.5. The minimum absolute atomic E-state index is 0.00613. The number of carbonyl (C=O) groups excluding carboxylic acids is 3. The van der Waals surface area contributed by atoms with Crippen LogP contribution in [0.25, 0.3) is 43.2 Å². The number of aliphatic hydroxyl groups is 1. The van der Waals surface area contributed by atoms with E-state index in [0.717, 1.165) is 45.4 Å². The largest absolute Gasteiger partial charge is 0.508 e. The average molecular weight is 1160 g/mol. The number of halogens is 2. The molecule has 0 bridgehead atoms. The Morgan fingerprint density at radius 1 is 0.927 bits per heavy atom. The van der Waals surface area contributed by atoms with Gasteiger partial charge in [-0.3, -0.25) is 14.4 Å². The Kier molecular flexibility index (Phi) is 20.0. The highest BCUT2D eigenvalue weighted by molar-refractivity contribution is 7.13. The number of anilines is 2. The van der Waals surface area contributed by atoms with Gasteiger partial charge in [0.1, 0.15) is 34.8 Å². The molecule has 2 saturated heterocycles. The number of aryl methyl sites for hydroxylation is 2. The summed E-state index contributed by atoms with van der Waals surface area (Å²) in [6.07, 6.45) is -0.0456. The van der Waals surface area contributed by atoms with Crippen molar-refractivity contribution in [2.45, 2.75) is 71.6 Å². The molecule has 4 N–H and O–H groups in total. The molecule has 19 nitrogen and oxygen atoms in total. The molecule has 3 amide bonds. The zero-order valence-corrected chi connectivity index (χ0v) is 48.8. The minimum atomic E-state index is -0.903. The van der Waals surface area contributed by atoms with Crippen molar-refractivity contribution < 1.29 is 47.7 Å². The Bertz CT molecular complexity index is 3340. The number of rotatable bonds is 25. The van der Waals surface area contributed by atoms with Gasteiger partial charge in [0.2, 0.25) is 23.7 Å². The number of aromatic hydroxyl groups is 1. The number of ether oxygens (including phenoxy) is 3. The lowest BCUT2D eigenvalue weighted by atomic mass is 9.91. The fraction of sp³-hybridized carbons (Fsp3) is 0.450. The van der Waals surface area contributed by atoms with Gasteiger partial charge in [-0.05, 0) is 85.4 Å². The van der Waals surface area contributed by atoms with Crippen LogP contribution in [-0.4, -0.2) is 174 Å². The summed E-state index contributed by atoms with van der Waals surface area (Å²) in [5, 5.41) is 34.0. The van der Waals surface area contributed by atoms with Crippen LogP contribution in [0.4, 0.5) is 16.2 Å². The maximum Gasteiger partial charge on any atom is 0.243 e. The lowest BCUT2D eigenvalue weighted by Crippen LogP contribution is -2.49. The quantitative estimate of drug-likeness (QED) is 0.0395. The molecule has 7 aromatic rings. The summed E-state index contributed by atoms with van der Waals surface area (Å²) in [7, 11) is 2.01. The number of aromatic nitrogens is 4. The number of nitrogens with zero attached hydrogens (tertiary/aromatic N) is 8. The maximum absolute atomic E-state index is 17.0. The molecule has 2 aliphatic rings. The van der Waals surface area contributed by atoms with Gasteiger partial charge in [-0.1, -0.05) is 79.1 Å². The second-order valence-electron chi connectivity index (χ2n) is 21.3. The van der Waals surface area contributed by atoms with E-state index in [2.05, 4.69) is 25.7 Å². The van der Waals surface area contributed by atoms with E-state index in [4.69, 9.17) is 40.3 Å². The van der Waals surface area contributed by atoms with Crippen LogP contribution in [0.15, 0.2) is 82.8 Å². The van der Waals surface area contributed by atoms with E-state index in [1.807, 2.05) is 86.8 Å². The first-order chi connectivity index (χ1) is 39.5. The summed E-state index contributed by atoms with van der Waals surface area (Å²) in [5.41, 5.74) is 5.89. The van der Waals surface area contributed by atoms with Crippen molar-refractivity contribution in [3.63, 3.8) is 0 Å². The first kappa shape index (κ1) is 59.8. The van der Waals surface area contributed by atoms with Gasteiger partial charge in [-0.25, -0.2) is 14.4 Å². The topological polar surface area (TPSA) is 221 Å². The van der Waals surface area contributed by atoms with Gasteiger partial charge in [-0.2, -0.15) is 4.98 Å². The second kappa shape index (κ2) is 27.5.